The van der Waals surface area contributed by atoms with E-state index in [0.29, 0.717) is 17.9 Å². The highest BCUT2D eigenvalue weighted by Gasteiger charge is 2.29. The van der Waals surface area contributed by atoms with Gasteiger partial charge in [0.2, 0.25) is 0 Å². The lowest BCUT2D eigenvalue weighted by molar-refractivity contribution is -0.130. The first-order valence-corrected chi connectivity index (χ1v) is 10.9. The summed E-state index contributed by atoms with van der Waals surface area (Å²) >= 11 is 0. The number of likely N-dealkylation sites (tertiary alicyclic amines) is 1. The van der Waals surface area contributed by atoms with Crippen molar-refractivity contribution in [2.75, 3.05) is 20.2 Å². The Morgan fingerprint density at radius 3 is 2.56 bits per heavy atom. The molecule has 2 aromatic carbocycles. The van der Waals surface area contributed by atoms with Crippen molar-refractivity contribution in [1.82, 2.24) is 10.2 Å². The fourth-order valence-electron chi connectivity index (χ4n) is 3.88. The number of para-hydroxylation sites is 1. The van der Waals surface area contributed by atoms with Crippen molar-refractivity contribution in [2.45, 2.75) is 45.4 Å². The Hall–Kier alpha value is -3.11. The average Bonchev–Trinajstić information content (AvgIpc) is 2.79. The molecule has 6 nitrogen and oxygen atoms in total. The van der Waals surface area contributed by atoms with Gasteiger partial charge in [0.15, 0.2) is 17.7 Å². The number of amides is 1. The zero-order valence-corrected chi connectivity index (χ0v) is 18.8. The quantitative estimate of drug-likeness (QED) is 0.676. The number of rotatable bonds is 8. The Kier molecular flexibility index (Phi) is 8.07. The van der Waals surface area contributed by atoms with Crippen molar-refractivity contribution in [1.29, 1.82) is 5.26 Å². The normalized spacial score (nSPS) is 15.8. The molecule has 1 aliphatic heterocycles. The summed E-state index contributed by atoms with van der Waals surface area (Å²) in [7, 11) is 1.45. The zero-order chi connectivity index (χ0) is 23.1. The van der Waals surface area contributed by atoms with Crippen molar-refractivity contribution in [3.05, 3.63) is 59.4 Å². The minimum Gasteiger partial charge on any atom is -0.494 e. The van der Waals surface area contributed by atoms with E-state index in [4.69, 9.17) is 9.47 Å². The molecule has 1 aliphatic rings. The molecule has 1 atom stereocenters. The topological polar surface area (TPSA) is 74.6 Å². The first kappa shape index (κ1) is 23.6. The van der Waals surface area contributed by atoms with Gasteiger partial charge in [0.1, 0.15) is 11.8 Å². The molecule has 1 fully saturated rings. The summed E-state index contributed by atoms with van der Waals surface area (Å²) in [4.78, 5) is 15.2. The molecular formula is C25H30FN3O3. The summed E-state index contributed by atoms with van der Waals surface area (Å²) in [6.07, 6.45) is 0.943. The summed E-state index contributed by atoms with van der Waals surface area (Å²) in [5.41, 5.74) is 1.31. The van der Waals surface area contributed by atoms with Crippen LogP contribution in [0.1, 0.15) is 37.8 Å². The van der Waals surface area contributed by atoms with Crippen LogP contribution >= 0.6 is 0 Å². The van der Waals surface area contributed by atoms with Gasteiger partial charge in [0, 0.05) is 25.7 Å². The van der Waals surface area contributed by atoms with Crippen molar-refractivity contribution < 1.29 is 18.7 Å². The minimum atomic E-state index is -0.676. The van der Waals surface area contributed by atoms with Crippen molar-refractivity contribution in [3.63, 3.8) is 0 Å². The van der Waals surface area contributed by atoms with Crippen LogP contribution < -0.4 is 14.8 Å². The summed E-state index contributed by atoms with van der Waals surface area (Å²) < 4.78 is 24.8. The van der Waals surface area contributed by atoms with Crippen LogP contribution in [-0.4, -0.2) is 43.2 Å². The molecular weight excluding hydrogens is 409 g/mol. The number of nitrogens with one attached hydrogen (secondary N) is 1. The van der Waals surface area contributed by atoms with E-state index >= 15 is 0 Å². The molecule has 0 aromatic heterocycles. The monoisotopic (exact) mass is 439 g/mol. The second kappa shape index (κ2) is 11.0. The van der Waals surface area contributed by atoms with Gasteiger partial charge in [-0.15, -0.1) is 0 Å². The van der Waals surface area contributed by atoms with Gasteiger partial charge in [0.25, 0.3) is 5.91 Å². The second-order valence-corrected chi connectivity index (χ2v) is 8.42. The summed E-state index contributed by atoms with van der Waals surface area (Å²) in [6.45, 7) is 6.13. The van der Waals surface area contributed by atoms with E-state index in [9.17, 15) is 14.4 Å². The predicted octanol–water partition coefficient (Wildman–Crippen LogP) is 3.89. The van der Waals surface area contributed by atoms with Crippen LogP contribution in [0.25, 0.3) is 0 Å². The molecule has 0 aliphatic carbocycles. The zero-order valence-electron chi connectivity index (χ0n) is 18.8. The number of benzene rings is 2. The molecule has 1 saturated heterocycles. The van der Waals surface area contributed by atoms with Crippen LogP contribution in [-0.2, 0) is 11.3 Å². The highest BCUT2D eigenvalue weighted by Crippen LogP contribution is 2.22. The Balaban J connectivity index is 1.53. The van der Waals surface area contributed by atoms with E-state index in [1.165, 1.54) is 13.2 Å². The second-order valence-electron chi connectivity index (χ2n) is 8.42. The number of hydrogen-bond donors (Lipinski definition) is 1. The highest BCUT2D eigenvalue weighted by atomic mass is 19.1. The van der Waals surface area contributed by atoms with Gasteiger partial charge in [-0.1, -0.05) is 32.0 Å². The summed E-state index contributed by atoms with van der Waals surface area (Å²) in [5.74, 6) is 0.0972. The van der Waals surface area contributed by atoms with Crippen LogP contribution in [0.15, 0.2) is 42.5 Å². The van der Waals surface area contributed by atoms with Crippen molar-refractivity contribution in [2.24, 2.45) is 5.92 Å². The number of nitriles is 1. The van der Waals surface area contributed by atoms with E-state index in [1.54, 1.807) is 30.3 Å². The van der Waals surface area contributed by atoms with E-state index in [0.717, 1.165) is 31.5 Å². The number of carbonyl (C=O) groups excluding carboxylic acids is 1. The van der Waals surface area contributed by atoms with Crippen LogP contribution in [0.5, 0.6) is 11.5 Å². The van der Waals surface area contributed by atoms with Crippen LogP contribution in [0.4, 0.5) is 4.39 Å². The third kappa shape index (κ3) is 5.98. The number of piperidine rings is 1. The number of nitrogens with zero attached hydrogens (tertiary/aromatic N) is 2. The molecule has 1 N–H and O–H groups in total. The van der Waals surface area contributed by atoms with E-state index in [-0.39, 0.29) is 29.4 Å². The maximum Gasteiger partial charge on any atom is 0.261 e. The van der Waals surface area contributed by atoms with Crippen LogP contribution in [0, 0.1) is 23.1 Å². The smallest absolute Gasteiger partial charge is 0.261 e. The lowest BCUT2D eigenvalue weighted by Crippen LogP contribution is -2.50. The number of carbonyl (C=O) groups is 1. The molecule has 1 heterocycles. The molecule has 0 saturated carbocycles. The Morgan fingerprint density at radius 1 is 1.22 bits per heavy atom. The van der Waals surface area contributed by atoms with Crippen LogP contribution in [0.3, 0.4) is 0 Å². The third-order valence-corrected chi connectivity index (χ3v) is 5.68. The standard InChI is InChI=1S/C25H30FN3O3/c1-17(2)24(32-22-7-5-4-6-19(22)15-27)25(30)28-20-10-12-29(13-11-20)16-18-8-9-23(31-3)21(26)14-18/h4-9,14,17,20,24H,10-13,16H2,1-3H3,(H,28,30). The number of ether oxygens (including phenoxy) is 2. The molecule has 170 valence electrons. The molecule has 0 spiro atoms. The van der Waals surface area contributed by atoms with E-state index in [2.05, 4.69) is 16.3 Å². The maximum atomic E-state index is 13.9. The van der Waals surface area contributed by atoms with Gasteiger partial charge in [0.05, 0.1) is 12.7 Å². The Morgan fingerprint density at radius 2 is 1.94 bits per heavy atom. The number of hydrogen-bond acceptors (Lipinski definition) is 5. The Labute approximate surface area is 188 Å². The van der Waals surface area contributed by atoms with E-state index < -0.39 is 6.10 Å². The average molecular weight is 440 g/mol. The molecule has 0 bridgehead atoms. The molecule has 32 heavy (non-hydrogen) atoms. The number of halogens is 1. The molecule has 2 aromatic rings. The van der Waals surface area contributed by atoms with Crippen LogP contribution in [0.2, 0.25) is 0 Å². The van der Waals surface area contributed by atoms with Crippen molar-refractivity contribution in [3.8, 4) is 17.6 Å². The summed E-state index contributed by atoms with van der Waals surface area (Å²) in [5, 5.41) is 12.4. The molecule has 1 amide bonds. The summed E-state index contributed by atoms with van der Waals surface area (Å²) in [6, 6.07) is 14.1. The molecule has 1 unspecified atom stereocenters. The lowest BCUT2D eigenvalue weighted by Gasteiger charge is -2.33. The fraction of sp³-hybridized carbons (Fsp3) is 0.440. The molecule has 3 rings (SSSR count). The first-order valence-electron chi connectivity index (χ1n) is 10.9. The van der Waals surface area contributed by atoms with Gasteiger partial charge in [-0.2, -0.15) is 5.26 Å². The fourth-order valence-corrected chi connectivity index (χ4v) is 3.88. The third-order valence-electron chi connectivity index (χ3n) is 5.68. The highest BCUT2D eigenvalue weighted by molar-refractivity contribution is 5.81. The lowest BCUT2D eigenvalue weighted by atomic mass is 10.0. The van der Waals surface area contributed by atoms with E-state index in [1.807, 2.05) is 19.9 Å². The molecule has 7 heteroatoms. The number of methoxy groups -OCH3 is 1. The van der Waals surface area contributed by atoms with Gasteiger partial charge >= 0.3 is 0 Å². The predicted molar refractivity (Wildman–Crippen MR) is 120 cm³/mol. The van der Waals surface area contributed by atoms with Gasteiger partial charge in [-0.3, -0.25) is 9.69 Å². The maximum absolute atomic E-state index is 13.9. The first-order chi connectivity index (χ1) is 15.4. The van der Waals surface area contributed by atoms with Crippen molar-refractivity contribution >= 4 is 5.91 Å². The Bertz CT molecular complexity index is 965. The van der Waals surface area contributed by atoms with Gasteiger partial charge in [-0.25, -0.2) is 4.39 Å². The van der Waals surface area contributed by atoms with Gasteiger partial charge in [-0.05, 0) is 48.6 Å². The van der Waals surface area contributed by atoms with Gasteiger partial charge < -0.3 is 14.8 Å². The SMILES string of the molecule is COc1ccc(CN2CCC(NC(=O)C(Oc3ccccc3C#N)C(C)C)CC2)cc1F. The minimum absolute atomic E-state index is 0.0493. The largest absolute Gasteiger partial charge is 0.494 e. The molecule has 0 radical (unpaired) electrons.